The molecule has 0 saturated carbocycles. The molecule has 12 heavy (non-hydrogen) atoms. The van der Waals surface area contributed by atoms with Gasteiger partial charge in [-0.25, -0.2) is 4.39 Å². The largest absolute Gasteiger partial charge is 0.338 e. The Morgan fingerprint density at radius 3 is 2.83 bits per heavy atom. The van der Waals surface area contributed by atoms with Crippen LogP contribution in [0, 0.1) is 12.4 Å². The van der Waals surface area contributed by atoms with E-state index in [4.69, 9.17) is 6.58 Å². The normalized spacial score (nSPS) is 15.0. The summed E-state index contributed by atoms with van der Waals surface area (Å²) in [6, 6.07) is 4.45. The van der Waals surface area contributed by atoms with Crippen molar-refractivity contribution in [3.63, 3.8) is 0 Å². The molecule has 2 rings (SSSR count). The standard InChI is InChI=1S/C10H6FO/c1-6-5-8-7(10(6)12)3-2-4-9(8)11/h1-4H,5H2/q+1. The van der Waals surface area contributed by atoms with Gasteiger partial charge in [-0.3, -0.25) is 0 Å². The lowest BCUT2D eigenvalue weighted by Gasteiger charge is -1.92. The number of ketones is 1. The van der Waals surface area contributed by atoms with Gasteiger partial charge in [0.25, 0.3) is 0 Å². The molecule has 0 radical (unpaired) electrons. The van der Waals surface area contributed by atoms with Crippen molar-refractivity contribution in [2.24, 2.45) is 0 Å². The highest BCUT2D eigenvalue weighted by molar-refractivity contribution is 6.12. The predicted octanol–water partition coefficient (Wildman–Crippen LogP) is 1.92. The molecule has 1 aromatic rings. The molecule has 0 unspecified atom stereocenters. The molecule has 58 valence electrons. The third kappa shape index (κ3) is 0.789. The van der Waals surface area contributed by atoms with Crippen molar-refractivity contribution < 1.29 is 9.18 Å². The summed E-state index contributed by atoms with van der Waals surface area (Å²) in [6.45, 7) is 5.40. The summed E-state index contributed by atoms with van der Waals surface area (Å²) in [5.74, 6) is -0.578. The van der Waals surface area contributed by atoms with Gasteiger partial charge in [-0.05, 0) is 12.1 Å². The maximum atomic E-state index is 13.0. The van der Waals surface area contributed by atoms with Crippen LogP contribution in [0.2, 0.25) is 0 Å². The van der Waals surface area contributed by atoms with E-state index in [2.05, 4.69) is 0 Å². The van der Waals surface area contributed by atoms with Crippen LogP contribution in [0.4, 0.5) is 4.39 Å². The van der Waals surface area contributed by atoms with Crippen LogP contribution in [0.25, 0.3) is 0 Å². The lowest BCUT2D eigenvalue weighted by Crippen LogP contribution is -1.93. The number of benzene rings is 1. The predicted molar refractivity (Wildman–Crippen MR) is 42.2 cm³/mol. The van der Waals surface area contributed by atoms with Crippen LogP contribution in [-0.2, 0) is 6.42 Å². The minimum absolute atomic E-state index is 0.232. The second kappa shape index (κ2) is 2.23. The quantitative estimate of drug-likeness (QED) is 0.419. The smallest absolute Gasteiger partial charge is 0.207 e. The molecule has 0 heterocycles. The number of allylic oxidation sites excluding steroid dienone is 1. The minimum Gasteiger partial charge on any atom is -0.207 e. The van der Waals surface area contributed by atoms with Crippen LogP contribution in [0.15, 0.2) is 23.8 Å². The molecule has 0 atom stereocenters. The second-order valence-corrected chi connectivity index (χ2v) is 2.80. The zero-order valence-corrected chi connectivity index (χ0v) is 6.30. The molecule has 1 aliphatic carbocycles. The van der Waals surface area contributed by atoms with Crippen molar-refractivity contribution in [2.45, 2.75) is 6.42 Å². The summed E-state index contributed by atoms with van der Waals surface area (Å²) in [6.07, 6.45) is 0.251. The lowest BCUT2D eigenvalue weighted by atomic mass is 10.1. The third-order valence-electron chi connectivity index (χ3n) is 2.02. The van der Waals surface area contributed by atoms with E-state index < -0.39 is 0 Å². The molecule has 2 heteroatoms. The van der Waals surface area contributed by atoms with Crippen LogP contribution >= 0.6 is 0 Å². The zero-order chi connectivity index (χ0) is 8.72. The van der Waals surface area contributed by atoms with Gasteiger partial charge in [0, 0.05) is 5.56 Å². The number of Topliss-reactive ketones (excluding diaryl/α,β-unsaturated/α-hetero) is 1. The Kier molecular flexibility index (Phi) is 1.32. The van der Waals surface area contributed by atoms with E-state index in [1.54, 1.807) is 6.07 Å². The van der Waals surface area contributed by atoms with Crippen LogP contribution in [0.3, 0.4) is 0 Å². The van der Waals surface area contributed by atoms with E-state index in [0.29, 0.717) is 11.1 Å². The van der Waals surface area contributed by atoms with Crippen molar-refractivity contribution >= 4 is 5.78 Å². The molecule has 0 aliphatic heterocycles. The van der Waals surface area contributed by atoms with Gasteiger partial charge in [0.15, 0.2) is 0 Å². The Morgan fingerprint density at radius 2 is 2.17 bits per heavy atom. The molecular weight excluding hydrogens is 155 g/mol. The van der Waals surface area contributed by atoms with Gasteiger partial charge in [0.1, 0.15) is 11.4 Å². The molecule has 1 nitrogen and oxygen atoms in total. The monoisotopic (exact) mass is 161 g/mol. The maximum absolute atomic E-state index is 13.0. The summed E-state index contributed by atoms with van der Waals surface area (Å²) in [7, 11) is 0. The molecule has 0 fully saturated rings. The molecule has 0 amide bonds. The Morgan fingerprint density at radius 1 is 1.42 bits per heavy atom. The van der Waals surface area contributed by atoms with Gasteiger partial charge in [-0.2, -0.15) is 4.79 Å². The molecule has 0 bridgehead atoms. The lowest BCUT2D eigenvalue weighted by molar-refractivity contribution is 0.103. The topological polar surface area (TPSA) is 17.1 Å². The highest BCUT2D eigenvalue weighted by Crippen LogP contribution is 2.26. The number of halogens is 1. The fourth-order valence-corrected chi connectivity index (χ4v) is 1.39. The average Bonchev–Trinajstić information content (AvgIpc) is 2.32. The van der Waals surface area contributed by atoms with Crippen LogP contribution < -0.4 is 0 Å². The first-order chi connectivity index (χ1) is 5.70. The van der Waals surface area contributed by atoms with Gasteiger partial charge < -0.3 is 0 Å². The fourth-order valence-electron chi connectivity index (χ4n) is 1.39. The van der Waals surface area contributed by atoms with Crippen molar-refractivity contribution in [1.29, 1.82) is 0 Å². The summed E-state index contributed by atoms with van der Waals surface area (Å²) >= 11 is 0. The Balaban J connectivity index is 2.68. The van der Waals surface area contributed by atoms with E-state index >= 15 is 0 Å². The SMILES string of the molecule is [CH+]=C1Cc2c(F)cccc2C1=O. The van der Waals surface area contributed by atoms with E-state index in [9.17, 15) is 9.18 Å². The van der Waals surface area contributed by atoms with E-state index in [0.717, 1.165) is 0 Å². The summed E-state index contributed by atoms with van der Waals surface area (Å²) in [5.41, 5.74) is 1.07. The fraction of sp³-hybridized carbons (Fsp3) is 0.100. The molecule has 1 aliphatic rings. The van der Waals surface area contributed by atoms with Gasteiger partial charge >= 0.3 is 5.78 Å². The summed E-state index contributed by atoms with van der Waals surface area (Å²) in [4.78, 5) is 11.2. The Hall–Kier alpha value is -1.53. The Labute approximate surface area is 69.5 Å². The maximum Gasteiger partial charge on any atom is 0.338 e. The van der Waals surface area contributed by atoms with Crippen LogP contribution in [-0.4, -0.2) is 5.78 Å². The number of carbonyl (C=O) groups excluding carboxylic acids is 1. The first kappa shape index (κ1) is 7.14. The van der Waals surface area contributed by atoms with E-state index in [1.807, 2.05) is 0 Å². The van der Waals surface area contributed by atoms with Gasteiger partial charge in [0.05, 0.1) is 13.0 Å². The van der Waals surface area contributed by atoms with E-state index in [1.165, 1.54) is 12.1 Å². The molecule has 0 spiro atoms. The van der Waals surface area contributed by atoms with Crippen LogP contribution in [0.5, 0.6) is 0 Å². The average molecular weight is 161 g/mol. The number of hydrogen-bond donors (Lipinski definition) is 0. The molecule has 0 aromatic heterocycles. The first-order valence-electron chi connectivity index (χ1n) is 3.63. The molecule has 0 saturated heterocycles. The highest BCUT2D eigenvalue weighted by Gasteiger charge is 2.35. The number of hydrogen-bond acceptors (Lipinski definition) is 1. The van der Waals surface area contributed by atoms with Gasteiger partial charge in [-0.15, -0.1) is 0 Å². The summed E-state index contributed by atoms with van der Waals surface area (Å²) < 4.78 is 13.0. The van der Waals surface area contributed by atoms with Gasteiger partial charge in [-0.1, -0.05) is 6.07 Å². The van der Waals surface area contributed by atoms with Gasteiger partial charge in [0.2, 0.25) is 5.57 Å². The molecule has 1 aromatic carbocycles. The number of fused-ring (bicyclic) bond motifs is 1. The van der Waals surface area contributed by atoms with Crippen molar-refractivity contribution in [3.8, 4) is 0 Å². The highest BCUT2D eigenvalue weighted by atomic mass is 19.1. The number of carbonyl (C=O) groups is 1. The van der Waals surface area contributed by atoms with E-state index in [-0.39, 0.29) is 23.6 Å². The molecule has 0 N–H and O–H groups in total. The van der Waals surface area contributed by atoms with Crippen molar-refractivity contribution in [2.75, 3.05) is 0 Å². The summed E-state index contributed by atoms with van der Waals surface area (Å²) in [5, 5.41) is 0. The Bertz CT molecular complexity index is 379. The molecular formula is C10H6FO+. The third-order valence-corrected chi connectivity index (χ3v) is 2.02. The zero-order valence-electron chi connectivity index (χ0n) is 6.30. The van der Waals surface area contributed by atoms with Crippen LogP contribution in [0.1, 0.15) is 15.9 Å². The first-order valence-corrected chi connectivity index (χ1v) is 3.63. The van der Waals surface area contributed by atoms with Crippen molar-refractivity contribution in [3.05, 3.63) is 47.3 Å². The second-order valence-electron chi connectivity index (χ2n) is 2.80. The minimum atomic E-state index is -0.346. The van der Waals surface area contributed by atoms with Crippen molar-refractivity contribution in [1.82, 2.24) is 0 Å². The number of rotatable bonds is 0.